The van der Waals surface area contributed by atoms with Crippen LogP contribution in [0, 0.1) is 0 Å². The molecule has 0 aromatic heterocycles. The van der Waals surface area contributed by atoms with Crippen molar-refractivity contribution in [1.29, 1.82) is 0 Å². The van der Waals surface area contributed by atoms with Gasteiger partial charge in [0.2, 0.25) is 0 Å². The summed E-state index contributed by atoms with van der Waals surface area (Å²) in [6.07, 6.45) is 5.07. The van der Waals surface area contributed by atoms with Gasteiger partial charge in [0.05, 0.1) is 5.38 Å². The van der Waals surface area contributed by atoms with Crippen molar-refractivity contribution < 1.29 is 0 Å². The molecule has 1 aliphatic carbocycles. The lowest BCUT2D eigenvalue weighted by molar-refractivity contribution is 0.684. The molecule has 0 saturated heterocycles. The van der Waals surface area contributed by atoms with E-state index in [1.165, 1.54) is 53.5 Å². The van der Waals surface area contributed by atoms with Crippen molar-refractivity contribution in [3.63, 3.8) is 0 Å². The van der Waals surface area contributed by atoms with Crippen LogP contribution in [0.5, 0.6) is 0 Å². The summed E-state index contributed by atoms with van der Waals surface area (Å²) in [4.78, 5) is 0. The van der Waals surface area contributed by atoms with Gasteiger partial charge in [0.1, 0.15) is 0 Å². The van der Waals surface area contributed by atoms with Gasteiger partial charge < -0.3 is 0 Å². The molecule has 0 nitrogen and oxygen atoms in total. The van der Waals surface area contributed by atoms with E-state index in [9.17, 15) is 0 Å². The Morgan fingerprint density at radius 3 is 2.00 bits per heavy atom. The Kier molecular flexibility index (Phi) is 4.35. The molecule has 110 valence electrons. The molecule has 1 heteroatoms. The highest BCUT2D eigenvalue weighted by Crippen LogP contribution is 2.32. The Morgan fingerprint density at radius 2 is 1.33 bits per heavy atom. The van der Waals surface area contributed by atoms with Crippen molar-refractivity contribution in [3.8, 4) is 0 Å². The highest BCUT2D eigenvalue weighted by Gasteiger charge is 2.15. The van der Waals surface area contributed by atoms with Crippen molar-refractivity contribution in [2.24, 2.45) is 0 Å². The largest absolute Gasteiger partial charge is 0.113 e. The fraction of sp³-hybridized carbons (Fsp3) is 0.400. The van der Waals surface area contributed by atoms with E-state index in [0.717, 1.165) is 0 Å². The van der Waals surface area contributed by atoms with Crippen LogP contribution in [0.3, 0.4) is 0 Å². The molecule has 1 unspecified atom stereocenters. The van der Waals surface area contributed by atoms with Gasteiger partial charge in [0, 0.05) is 0 Å². The number of rotatable bonds is 3. The van der Waals surface area contributed by atoms with Crippen molar-refractivity contribution in [2.75, 3.05) is 0 Å². The van der Waals surface area contributed by atoms with Crippen LogP contribution in [-0.4, -0.2) is 0 Å². The summed E-state index contributed by atoms with van der Waals surface area (Å²) in [5, 5.41) is -0.0431. The molecule has 21 heavy (non-hydrogen) atoms. The zero-order valence-electron chi connectivity index (χ0n) is 12.9. The van der Waals surface area contributed by atoms with E-state index in [4.69, 9.17) is 11.6 Å². The van der Waals surface area contributed by atoms with Gasteiger partial charge in [-0.05, 0) is 59.4 Å². The van der Waals surface area contributed by atoms with Gasteiger partial charge in [-0.25, -0.2) is 0 Å². The van der Waals surface area contributed by atoms with Crippen LogP contribution in [0.25, 0.3) is 0 Å². The fourth-order valence-corrected chi connectivity index (χ4v) is 3.43. The number of fused-ring (bicyclic) bond motifs is 1. The minimum atomic E-state index is -0.0431. The molecular formula is C20H23Cl. The number of halogens is 1. The Bertz CT molecular complexity index is 610. The maximum Gasteiger partial charge on any atom is 0.0835 e. The number of hydrogen-bond donors (Lipinski definition) is 0. The fourth-order valence-electron chi connectivity index (χ4n) is 3.15. The predicted molar refractivity (Wildman–Crippen MR) is 91.3 cm³/mol. The summed E-state index contributed by atoms with van der Waals surface area (Å²) in [6.45, 7) is 4.44. The smallest absolute Gasteiger partial charge is 0.0835 e. The zero-order chi connectivity index (χ0) is 14.8. The van der Waals surface area contributed by atoms with Crippen LogP contribution in [0.1, 0.15) is 65.8 Å². The molecule has 0 amide bonds. The molecule has 0 heterocycles. The van der Waals surface area contributed by atoms with Gasteiger partial charge >= 0.3 is 0 Å². The maximum absolute atomic E-state index is 6.71. The third-order valence-corrected chi connectivity index (χ3v) is 5.06. The summed E-state index contributed by atoms with van der Waals surface area (Å²) < 4.78 is 0. The Morgan fingerprint density at radius 1 is 0.762 bits per heavy atom. The van der Waals surface area contributed by atoms with E-state index in [1.54, 1.807) is 0 Å². The van der Waals surface area contributed by atoms with Crippen LogP contribution < -0.4 is 0 Å². The molecule has 0 bridgehead atoms. The Balaban J connectivity index is 1.85. The monoisotopic (exact) mass is 298 g/mol. The number of alkyl halides is 1. The second-order valence-electron chi connectivity index (χ2n) is 6.42. The average molecular weight is 299 g/mol. The molecule has 2 aromatic rings. The highest BCUT2D eigenvalue weighted by atomic mass is 35.5. The molecule has 0 radical (unpaired) electrons. The molecule has 0 N–H and O–H groups in total. The van der Waals surface area contributed by atoms with E-state index in [-0.39, 0.29) is 5.38 Å². The molecule has 0 spiro atoms. The normalized spacial score (nSPS) is 15.8. The van der Waals surface area contributed by atoms with Crippen LogP contribution in [0.2, 0.25) is 0 Å². The first-order valence-electron chi connectivity index (χ1n) is 8.01. The van der Waals surface area contributed by atoms with Gasteiger partial charge in [0.15, 0.2) is 0 Å². The minimum absolute atomic E-state index is 0.0431. The first kappa shape index (κ1) is 14.7. The summed E-state index contributed by atoms with van der Waals surface area (Å²) in [5.41, 5.74) is 6.81. The number of benzene rings is 2. The van der Waals surface area contributed by atoms with Crippen LogP contribution in [0.4, 0.5) is 0 Å². The van der Waals surface area contributed by atoms with Crippen LogP contribution >= 0.6 is 11.6 Å². The molecule has 0 saturated carbocycles. The van der Waals surface area contributed by atoms with Crippen molar-refractivity contribution in [2.45, 2.75) is 50.8 Å². The Hall–Kier alpha value is -1.27. The van der Waals surface area contributed by atoms with E-state index >= 15 is 0 Å². The lowest BCUT2D eigenvalue weighted by Gasteiger charge is -2.19. The van der Waals surface area contributed by atoms with E-state index in [0.29, 0.717) is 5.92 Å². The Labute approximate surface area is 133 Å². The maximum atomic E-state index is 6.71. The third-order valence-electron chi connectivity index (χ3n) is 4.56. The second-order valence-corrected chi connectivity index (χ2v) is 6.86. The molecular weight excluding hydrogens is 276 g/mol. The van der Waals surface area contributed by atoms with E-state index in [1.807, 2.05) is 0 Å². The van der Waals surface area contributed by atoms with E-state index in [2.05, 4.69) is 56.3 Å². The molecule has 1 atom stereocenters. The molecule has 3 rings (SSSR count). The van der Waals surface area contributed by atoms with Gasteiger partial charge in [-0.15, -0.1) is 11.6 Å². The quantitative estimate of drug-likeness (QED) is 0.608. The molecule has 1 aliphatic rings. The molecule has 0 fully saturated rings. The first-order chi connectivity index (χ1) is 10.1. The minimum Gasteiger partial charge on any atom is -0.113 e. The lowest BCUT2D eigenvalue weighted by Crippen LogP contribution is -2.04. The van der Waals surface area contributed by atoms with E-state index < -0.39 is 0 Å². The standard InChI is InChI=1S/C20H23Cl/c1-14(2)15-7-10-17(11-8-15)20(21)19-12-9-16-5-3-4-6-18(16)13-19/h7-14,20H,3-6H2,1-2H3. The van der Waals surface area contributed by atoms with Crippen LogP contribution in [-0.2, 0) is 12.8 Å². The number of hydrogen-bond acceptors (Lipinski definition) is 0. The summed E-state index contributed by atoms with van der Waals surface area (Å²) in [5.74, 6) is 0.566. The molecule has 0 aliphatic heterocycles. The molecule has 2 aromatic carbocycles. The van der Waals surface area contributed by atoms with Crippen LogP contribution in [0.15, 0.2) is 42.5 Å². The average Bonchev–Trinajstić information content (AvgIpc) is 2.54. The van der Waals surface area contributed by atoms with Gasteiger partial charge in [0.25, 0.3) is 0 Å². The zero-order valence-corrected chi connectivity index (χ0v) is 13.7. The second kappa shape index (κ2) is 6.23. The predicted octanol–water partition coefficient (Wildman–Crippen LogP) is 6.02. The van der Waals surface area contributed by atoms with Crippen molar-refractivity contribution in [3.05, 3.63) is 70.3 Å². The SMILES string of the molecule is CC(C)c1ccc(C(Cl)c2ccc3c(c2)CCCC3)cc1. The van der Waals surface area contributed by atoms with Gasteiger partial charge in [-0.1, -0.05) is 56.3 Å². The highest BCUT2D eigenvalue weighted by molar-refractivity contribution is 6.22. The topological polar surface area (TPSA) is 0 Å². The van der Waals surface area contributed by atoms with Gasteiger partial charge in [-0.3, -0.25) is 0 Å². The van der Waals surface area contributed by atoms with Crippen molar-refractivity contribution >= 4 is 11.6 Å². The summed E-state index contributed by atoms with van der Waals surface area (Å²) in [6, 6.07) is 15.6. The lowest BCUT2D eigenvalue weighted by atomic mass is 9.89. The first-order valence-corrected chi connectivity index (χ1v) is 8.44. The third kappa shape index (κ3) is 3.16. The summed E-state index contributed by atoms with van der Waals surface area (Å²) in [7, 11) is 0. The summed E-state index contributed by atoms with van der Waals surface area (Å²) >= 11 is 6.71. The number of aryl methyl sites for hydroxylation is 2. The van der Waals surface area contributed by atoms with Gasteiger partial charge in [-0.2, -0.15) is 0 Å². The van der Waals surface area contributed by atoms with Crippen molar-refractivity contribution in [1.82, 2.24) is 0 Å².